The van der Waals surface area contributed by atoms with Gasteiger partial charge in [0.25, 0.3) is 0 Å². The third-order valence-corrected chi connectivity index (χ3v) is 3.18. The van der Waals surface area contributed by atoms with Gasteiger partial charge in [0.05, 0.1) is 12.6 Å². The molecule has 0 aliphatic rings. The Morgan fingerprint density at radius 3 is 2.33 bits per heavy atom. The molecule has 0 aromatic rings. The van der Waals surface area contributed by atoms with Crippen LogP contribution in [0, 0.1) is 0 Å². The van der Waals surface area contributed by atoms with Crippen molar-refractivity contribution in [1.82, 2.24) is 10.2 Å². The number of amides is 1. The van der Waals surface area contributed by atoms with Crippen LogP contribution in [0.4, 0.5) is 0 Å². The molecule has 106 valence electrons. The summed E-state index contributed by atoms with van der Waals surface area (Å²) in [5.74, 6) is -0.992. The van der Waals surface area contributed by atoms with Gasteiger partial charge in [-0.2, -0.15) is 0 Å². The second-order valence-electron chi connectivity index (χ2n) is 4.64. The van der Waals surface area contributed by atoms with Crippen molar-refractivity contribution in [1.29, 1.82) is 0 Å². The molecule has 0 saturated carbocycles. The van der Waals surface area contributed by atoms with Gasteiger partial charge in [-0.3, -0.25) is 14.5 Å². The van der Waals surface area contributed by atoms with Gasteiger partial charge < -0.3 is 10.4 Å². The Labute approximate surface area is 110 Å². The number of hydrogen-bond acceptors (Lipinski definition) is 3. The van der Waals surface area contributed by atoms with Crippen molar-refractivity contribution in [3.63, 3.8) is 0 Å². The molecule has 2 atom stereocenters. The Morgan fingerprint density at radius 2 is 1.89 bits per heavy atom. The van der Waals surface area contributed by atoms with E-state index in [4.69, 9.17) is 5.11 Å². The topological polar surface area (TPSA) is 69.6 Å². The summed E-state index contributed by atoms with van der Waals surface area (Å²) in [4.78, 5) is 24.5. The molecule has 0 saturated heterocycles. The van der Waals surface area contributed by atoms with Crippen molar-refractivity contribution in [2.75, 3.05) is 13.1 Å². The molecule has 0 radical (unpaired) electrons. The zero-order valence-electron chi connectivity index (χ0n) is 11.9. The van der Waals surface area contributed by atoms with E-state index in [0.717, 1.165) is 19.3 Å². The molecule has 0 aromatic heterocycles. The van der Waals surface area contributed by atoms with Crippen LogP contribution in [0.5, 0.6) is 0 Å². The summed E-state index contributed by atoms with van der Waals surface area (Å²) in [6.45, 7) is 8.31. The lowest BCUT2D eigenvalue weighted by Crippen LogP contribution is -2.50. The highest BCUT2D eigenvalue weighted by Crippen LogP contribution is 2.09. The Hall–Kier alpha value is -1.10. The van der Waals surface area contributed by atoms with Gasteiger partial charge in [0.15, 0.2) is 0 Å². The molecule has 0 spiro atoms. The second-order valence-corrected chi connectivity index (χ2v) is 4.64. The highest BCUT2D eigenvalue weighted by atomic mass is 16.4. The minimum Gasteiger partial charge on any atom is -0.480 e. The predicted molar refractivity (Wildman–Crippen MR) is 71.5 cm³/mol. The first kappa shape index (κ1) is 16.9. The van der Waals surface area contributed by atoms with Gasteiger partial charge in [0.2, 0.25) is 5.91 Å². The molecule has 2 unspecified atom stereocenters. The summed E-state index contributed by atoms with van der Waals surface area (Å²) < 4.78 is 0. The van der Waals surface area contributed by atoms with E-state index in [1.807, 2.05) is 13.8 Å². The van der Waals surface area contributed by atoms with E-state index >= 15 is 0 Å². The van der Waals surface area contributed by atoms with Crippen LogP contribution in [0.1, 0.15) is 47.0 Å². The quantitative estimate of drug-likeness (QED) is 0.615. The molecular weight excluding hydrogens is 232 g/mol. The van der Waals surface area contributed by atoms with Crippen LogP contribution >= 0.6 is 0 Å². The summed E-state index contributed by atoms with van der Waals surface area (Å²) in [5, 5.41) is 11.7. The standard InChI is InChI=1S/C13H26N2O3/c1-5-7-8-14-13(18)11(4)15(9-12(16)17)10(3)6-2/h10-11H,5-9H2,1-4H3,(H,14,18)(H,16,17). The number of nitrogens with zero attached hydrogens (tertiary/aromatic N) is 1. The monoisotopic (exact) mass is 258 g/mol. The number of nitrogens with one attached hydrogen (secondary N) is 1. The van der Waals surface area contributed by atoms with Crippen molar-refractivity contribution in [3.05, 3.63) is 0 Å². The molecule has 0 aromatic carbocycles. The van der Waals surface area contributed by atoms with E-state index in [1.54, 1.807) is 11.8 Å². The molecule has 0 aliphatic heterocycles. The first-order valence-electron chi connectivity index (χ1n) is 6.69. The Kier molecular flexibility index (Phi) is 8.37. The number of rotatable bonds is 9. The van der Waals surface area contributed by atoms with E-state index < -0.39 is 12.0 Å². The van der Waals surface area contributed by atoms with Gasteiger partial charge in [-0.15, -0.1) is 0 Å². The highest BCUT2D eigenvalue weighted by molar-refractivity contribution is 5.82. The first-order chi connectivity index (χ1) is 8.43. The minimum atomic E-state index is -0.900. The second kappa shape index (κ2) is 8.91. The SMILES string of the molecule is CCCCNC(=O)C(C)N(CC(=O)O)C(C)CC. The van der Waals surface area contributed by atoms with Crippen molar-refractivity contribution in [3.8, 4) is 0 Å². The first-order valence-corrected chi connectivity index (χ1v) is 6.69. The Bertz CT molecular complexity index is 269. The lowest BCUT2D eigenvalue weighted by Gasteiger charge is -2.31. The molecule has 0 bridgehead atoms. The van der Waals surface area contributed by atoms with Crippen molar-refractivity contribution >= 4 is 11.9 Å². The molecular formula is C13H26N2O3. The van der Waals surface area contributed by atoms with Gasteiger partial charge in [-0.05, 0) is 26.7 Å². The van der Waals surface area contributed by atoms with Crippen LogP contribution in [0.15, 0.2) is 0 Å². The van der Waals surface area contributed by atoms with Crippen LogP contribution in [0.25, 0.3) is 0 Å². The number of carboxylic acids is 1. The summed E-state index contributed by atoms with van der Waals surface area (Å²) in [5.41, 5.74) is 0. The fraction of sp³-hybridized carbons (Fsp3) is 0.846. The number of unbranched alkanes of at least 4 members (excludes halogenated alkanes) is 1. The highest BCUT2D eigenvalue weighted by Gasteiger charge is 2.26. The van der Waals surface area contributed by atoms with Gasteiger partial charge in [-0.25, -0.2) is 0 Å². The molecule has 0 heterocycles. The minimum absolute atomic E-state index is 0.0769. The van der Waals surface area contributed by atoms with Crippen LogP contribution in [0.2, 0.25) is 0 Å². The lowest BCUT2D eigenvalue weighted by atomic mass is 10.1. The fourth-order valence-corrected chi connectivity index (χ4v) is 1.75. The summed E-state index contributed by atoms with van der Waals surface area (Å²) >= 11 is 0. The Balaban J connectivity index is 4.48. The fourth-order valence-electron chi connectivity index (χ4n) is 1.75. The summed E-state index contributed by atoms with van der Waals surface area (Å²) in [6.07, 6.45) is 2.79. The van der Waals surface area contributed by atoms with Gasteiger partial charge >= 0.3 is 5.97 Å². The number of carboxylic acid groups (broad SMARTS) is 1. The number of carbonyl (C=O) groups excluding carboxylic acids is 1. The van der Waals surface area contributed by atoms with Crippen molar-refractivity contribution in [2.24, 2.45) is 0 Å². The third-order valence-electron chi connectivity index (χ3n) is 3.18. The van der Waals surface area contributed by atoms with Crippen LogP contribution in [-0.2, 0) is 9.59 Å². The zero-order valence-corrected chi connectivity index (χ0v) is 11.9. The average molecular weight is 258 g/mol. The van der Waals surface area contributed by atoms with Gasteiger partial charge in [-0.1, -0.05) is 20.3 Å². The van der Waals surface area contributed by atoms with E-state index in [-0.39, 0.29) is 18.5 Å². The lowest BCUT2D eigenvalue weighted by molar-refractivity contribution is -0.140. The Morgan fingerprint density at radius 1 is 1.28 bits per heavy atom. The molecule has 1 amide bonds. The summed E-state index contributed by atoms with van der Waals surface area (Å²) in [6, 6.07) is -0.332. The molecule has 0 rings (SSSR count). The molecule has 2 N–H and O–H groups in total. The maximum atomic E-state index is 11.9. The van der Waals surface area contributed by atoms with Crippen LogP contribution < -0.4 is 5.32 Å². The zero-order chi connectivity index (χ0) is 14.1. The maximum absolute atomic E-state index is 11.9. The molecule has 0 fully saturated rings. The normalized spacial score (nSPS) is 14.3. The van der Waals surface area contributed by atoms with Crippen molar-refractivity contribution < 1.29 is 14.7 Å². The van der Waals surface area contributed by atoms with Gasteiger partial charge in [0.1, 0.15) is 0 Å². The largest absolute Gasteiger partial charge is 0.480 e. The van der Waals surface area contributed by atoms with E-state index in [9.17, 15) is 9.59 Å². The van der Waals surface area contributed by atoms with Crippen molar-refractivity contribution in [2.45, 2.75) is 59.0 Å². The average Bonchev–Trinajstić information content (AvgIpc) is 2.34. The number of carbonyl (C=O) groups is 2. The van der Waals surface area contributed by atoms with Crippen LogP contribution in [-0.4, -0.2) is 47.1 Å². The molecule has 18 heavy (non-hydrogen) atoms. The van der Waals surface area contributed by atoms with Crippen LogP contribution in [0.3, 0.4) is 0 Å². The number of aliphatic carboxylic acids is 1. The maximum Gasteiger partial charge on any atom is 0.317 e. The molecule has 5 nitrogen and oxygen atoms in total. The predicted octanol–water partition coefficient (Wildman–Crippen LogP) is 1.48. The molecule has 0 aliphatic carbocycles. The van der Waals surface area contributed by atoms with E-state index in [1.165, 1.54) is 0 Å². The summed E-state index contributed by atoms with van der Waals surface area (Å²) in [7, 11) is 0. The molecule has 5 heteroatoms. The number of hydrogen-bond donors (Lipinski definition) is 2. The van der Waals surface area contributed by atoms with E-state index in [2.05, 4.69) is 12.2 Å². The van der Waals surface area contributed by atoms with E-state index in [0.29, 0.717) is 6.54 Å². The smallest absolute Gasteiger partial charge is 0.317 e. The third kappa shape index (κ3) is 6.00. The van der Waals surface area contributed by atoms with Gasteiger partial charge in [0, 0.05) is 12.6 Å².